The van der Waals surface area contributed by atoms with Crippen molar-refractivity contribution in [1.82, 2.24) is 10.6 Å². The highest BCUT2D eigenvalue weighted by Gasteiger charge is 2.31. The smallest absolute Gasteiger partial charge is 0.191 e. The fourth-order valence-corrected chi connectivity index (χ4v) is 4.84. The number of rotatable bonds is 6. The molecule has 1 saturated heterocycles. The Morgan fingerprint density at radius 2 is 1.96 bits per heavy atom. The zero-order chi connectivity index (χ0) is 19.2. The lowest BCUT2D eigenvalue weighted by Crippen LogP contribution is -2.47. The number of nitrogens with zero attached hydrogens (tertiary/aromatic N) is 1. The minimum Gasteiger partial charge on any atom is -0.381 e. The van der Waals surface area contributed by atoms with Gasteiger partial charge in [-0.1, -0.05) is 12.1 Å². The third kappa shape index (κ3) is 7.10. The molecule has 6 nitrogen and oxygen atoms in total. The van der Waals surface area contributed by atoms with Gasteiger partial charge in [0.15, 0.2) is 15.8 Å². The second kappa shape index (κ2) is 10.9. The quantitative estimate of drug-likeness (QED) is 0.337. The standard InChI is InChI=1S/C18H29N3O3S2.HI/c1-14-11-15(5-6-16(14)26(4,22)23)12-20-17(19-2)21-13-18(25-3)7-9-24-10-8-18;/h5-6,11H,7-10,12-13H2,1-4H3,(H2,19,20,21);1H. The van der Waals surface area contributed by atoms with Crippen LogP contribution in [0.4, 0.5) is 0 Å². The van der Waals surface area contributed by atoms with E-state index in [0.717, 1.165) is 49.7 Å². The number of benzene rings is 1. The molecule has 1 aromatic carbocycles. The first-order chi connectivity index (χ1) is 12.3. The van der Waals surface area contributed by atoms with Crippen LogP contribution in [0.15, 0.2) is 28.1 Å². The first-order valence-corrected chi connectivity index (χ1v) is 11.8. The van der Waals surface area contributed by atoms with E-state index < -0.39 is 9.84 Å². The Morgan fingerprint density at radius 1 is 1.30 bits per heavy atom. The van der Waals surface area contributed by atoms with Crippen molar-refractivity contribution in [2.24, 2.45) is 4.99 Å². The van der Waals surface area contributed by atoms with Crippen molar-refractivity contribution in [3.8, 4) is 0 Å². The molecule has 9 heteroatoms. The Hall–Kier alpha value is -0.520. The van der Waals surface area contributed by atoms with Crippen LogP contribution in [-0.2, 0) is 21.1 Å². The molecule has 0 atom stereocenters. The molecule has 154 valence electrons. The number of halogens is 1. The van der Waals surface area contributed by atoms with Gasteiger partial charge in [0, 0.05) is 44.4 Å². The molecule has 0 aromatic heterocycles. The van der Waals surface area contributed by atoms with Gasteiger partial charge in [0.05, 0.1) is 4.90 Å². The number of aliphatic imine (C=N–C) groups is 1. The fraction of sp³-hybridized carbons (Fsp3) is 0.611. The van der Waals surface area contributed by atoms with Gasteiger partial charge in [-0.05, 0) is 43.2 Å². The Kier molecular flexibility index (Phi) is 9.87. The summed E-state index contributed by atoms with van der Waals surface area (Å²) in [7, 11) is -1.43. The molecular formula is C18H30IN3O3S2. The average molecular weight is 527 g/mol. The van der Waals surface area contributed by atoms with E-state index in [1.165, 1.54) is 6.26 Å². The summed E-state index contributed by atoms with van der Waals surface area (Å²) in [5.74, 6) is 0.745. The first-order valence-electron chi connectivity index (χ1n) is 8.67. The van der Waals surface area contributed by atoms with Crippen molar-refractivity contribution in [2.45, 2.75) is 36.0 Å². The Balaban J connectivity index is 0.00000364. The minimum absolute atomic E-state index is 0. The zero-order valence-electron chi connectivity index (χ0n) is 16.4. The van der Waals surface area contributed by atoms with Crippen LogP contribution in [0.5, 0.6) is 0 Å². The Bertz CT molecular complexity index is 748. The summed E-state index contributed by atoms with van der Waals surface area (Å²) in [5.41, 5.74) is 1.78. The van der Waals surface area contributed by atoms with Gasteiger partial charge in [0.25, 0.3) is 0 Å². The third-order valence-electron chi connectivity index (χ3n) is 4.74. The molecule has 2 rings (SSSR count). The normalized spacial score (nSPS) is 17.1. The SMILES string of the molecule is CN=C(NCc1ccc(S(C)(=O)=O)c(C)c1)NCC1(SC)CCOCC1.I. The van der Waals surface area contributed by atoms with Crippen molar-refractivity contribution in [1.29, 1.82) is 0 Å². The van der Waals surface area contributed by atoms with E-state index in [9.17, 15) is 8.42 Å². The molecule has 1 heterocycles. The van der Waals surface area contributed by atoms with Gasteiger partial charge in [-0.2, -0.15) is 11.8 Å². The van der Waals surface area contributed by atoms with E-state index in [4.69, 9.17) is 4.74 Å². The number of hydrogen-bond donors (Lipinski definition) is 2. The van der Waals surface area contributed by atoms with Crippen molar-refractivity contribution in [3.63, 3.8) is 0 Å². The van der Waals surface area contributed by atoms with Gasteiger partial charge >= 0.3 is 0 Å². The van der Waals surface area contributed by atoms with Crippen LogP contribution in [-0.4, -0.2) is 58.4 Å². The lowest BCUT2D eigenvalue weighted by atomic mass is 9.99. The molecular weight excluding hydrogens is 497 g/mol. The molecule has 2 N–H and O–H groups in total. The molecule has 0 amide bonds. The highest BCUT2D eigenvalue weighted by molar-refractivity contribution is 14.0. The van der Waals surface area contributed by atoms with Crippen molar-refractivity contribution < 1.29 is 13.2 Å². The Morgan fingerprint density at radius 3 is 2.48 bits per heavy atom. The van der Waals surface area contributed by atoms with Crippen LogP contribution in [0, 0.1) is 6.92 Å². The van der Waals surface area contributed by atoms with Crippen molar-refractivity contribution in [2.75, 3.05) is 39.3 Å². The highest BCUT2D eigenvalue weighted by Crippen LogP contribution is 2.32. The van der Waals surface area contributed by atoms with E-state index in [2.05, 4.69) is 21.9 Å². The topological polar surface area (TPSA) is 79.8 Å². The van der Waals surface area contributed by atoms with Gasteiger partial charge in [-0.25, -0.2) is 8.42 Å². The van der Waals surface area contributed by atoms with E-state index >= 15 is 0 Å². The summed E-state index contributed by atoms with van der Waals surface area (Å²) in [4.78, 5) is 4.67. The molecule has 1 fully saturated rings. The van der Waals surface area contributed by atoms with Gasteiger partial charge in [-0.15, -0.1) is 24.0 Å². The summed E-state index contributed by atoms with van der Waals surface area (Å²) >= 11 is 1.88. The highest BCUT2D eigenvalue weighted by atomic mass is 127. The predicted molar refractivity (Wildman–Crippen MR) is 124 cm³/mol. The van der Waals surface area contributed by atoms with Gasteiger partial charge in [0.1, 0.15) is 0 Å². The summed E-state index contributed by atoms with van der Waals surface area (Å²) in [5, 5.41) is 6.72. The van der Waals surface area contributed by atoms with Crippen LogP contribution in [0.3, 0.4) is 0 Å². The number of guanidine groups is 1. The molecule has 1 aliphatic rings. The summed E-state index contributed by atoms with van der Waals surface area (Å²) in [6, 6.07) is 5.41. The van der Waals surface area contributed by atoms with Gasteiger partial charge < -0.3 is 15.4 Å². The van der Waals surface area contributed by atoms with E-state index in [-0.39, 0.29) is 28.7 Å². The molecule has 27 heavy (non-hydrogen) atoms. The largest absolute Gasteiger partial charge is 0.381 e. The van der Waals surface area contributed by atoms with Crippen LogP contribution in [0.1, 0.15) is 24.0 Å². The first kappa shape index (κ1) is 24.5. The number of thioether (sulfide) groups is 1. The Labute approximate surface area is 184 Å². The lowest BCUT2D eigenvalue weighted by molar-refractivity contribution is 0.0783. The summed E-state index contributed by atoms with van der Waals surface area (Å²) in [6.45, 7) is 4.85. The molecule has 0 unspecified atom stereocenters. The number of ether oxygens (including phenoxy) is 1. The van der Waals surface area contributed by atoms with E-state index in [0.29, 0.717) is 11.4 Å². The number of nitrogens with one attached hydrogen (secondary N) is 2. The molecule has 1 aliphatic heterocycles. The maximum Gasteiger partial charge on any atom is 0.191 e. The fourth-order valence-electron chi connectivity index (χ4n) is 3.09. The van der Waals surface area contributed by atoms with E-state index in [1.54, 1.807) is 13.1 Å². The minimum atomic E-state index is -3.19. The average Bonchev–Trinajstić information content (AvgIpc) is 2.61. The lowest BCUT2D eigenvalue weighted by Gasteiger charge is -2.36. The molecule has 0 spiro atoms. The number of hydrogen-bond acceptors (Lipinski definition) is 5. The predicted octanol–water partition coefficient (Wildman–Crippen LogP) is 2.59. The van der Waals surface area contributed by atoms with E-state index in [1.807, 2.05) is 30.8 Å². The molecule has 0 aliphatic carbocycles. The second-order valence-electron chi connectivity index (χ2n) is 6.65. The molecule has 1 aromatic rings. The van der Waals surface area contributed by atoms with Crippen molar-refractivity contribution in [3.05, 3.63) is 29.3 Å². The summed E-state index contributed by atoms with van der Waals surface area (Å²) < 4.78 is 29.1. The zero-order valence-corrected chi connectivity index (χ0v) is 20.3. The second-order valence-corrected chi connectivity index (χ2v) is 9.91. The molecule has 0 bridgehead atoms. The maximum absolute atomic E-state index is 11.7. The van der Waals surface area contributed by atoms with Gasteiger partial charge in [-0.3, -0.25) is 4.99 Å². The number of sulfone groups is 1. The molecule has 0 saturated carbocycles. The van der Waals surface area contributed by atoms with Crippen LogP contribution < -0.4 is 10.6 Å². The van der Waals surface area contributed by atoms with Crippen molar-refractivity contribution >= 4 is 51.5 Å². The third-order valence-corrected chi connectivity index (χ3v) is 7.41. The summed E-state index contributed by atoms with van der Waals surface area (Å²) in [6.07, 6.45) is 5.45. The number of aryl methyl sites for hydroxylation is 1. The molecule has 0 radical (unpaired) electrons. The van der Waals surface area contributed by atoms with Crippen LogP contribution in [0.25, 0.3) is 0 Å². The van der Waals surface area contributed by atoms with Crippen LogP contribution in [0.2, 0.25) is 0 Å². The maximum atomic E-state index is 11.7. The monoisotopic (exact) mass is 527 g/mol. The van der Waals surface area contributed by atoms with Crippen LogP contribution >= 0.6 is 35.7 Å². The van der Waals surface area contributed by atoms with Gasteiger partial charge in [0.2, 0.25) is 0 Å².